The number of hydrogen-bond acceptors (Lipinski definition) is 3. The van der Waals surface area contributed by atoms with Crippen molar-refractivity contribution in [3.05, 3.63) is 95.7 Å². The van der Waals surface area contributed by atoms with Gasteiger partial charge >= 0.3 is 0 Å². The standard InChI is InChI=1S/C31H41N3/c1-26-17-18-27(2)20-22-34(24-29-13-7-4-8-14-29)31-16-10-9-15-30(32-31)25-33(21-19-26)23-28-11-5-3-6-12-28/h3-15,26-27H,16-25H2,1-2H3. The molecule has 2 unspecified atom stereocenters. The van der Waals surface area contributed by atoms with E-state index >= 15 is 0 Å². The molecule has 0 saturated heterocycles. The van der Waals surface area contributed by atoms with Crippen molar-refractivity contribution in [2.45, 2.75) is 59.0 Å². The smallest absolute Gasteiger partial charge is 0.109 e. The molecule has 2 aromatic carbocycles. The van der Waals surface area contributed by atoms with E-state index in [-0.39, 0.29) is 0 Å². The van der Waals surface area contributed by atoms with E-state index < -0.39 is 0 Å². The lowest BCUT2D eigenvalue weighted by Gasteiger charge is -2.29. The van der Waals surface area contributed by atoms with Crippen LogP contribution in [0.2, 0.25) is 0 Å². The molecule has 3 heteroatoms. The first-order valence-corrected chi connectivity index (χ1v) is 13.1. The Kier molecular flexibility index (Phi) is 9.15. The molecular formula is C31H41N3. The van der Waals surface area contributed by atoms with E-state index in [1.165, 1.54) is 48.3 Å². The molecule has 2 aliphatic rings. The van der Waals surface area contributed by atoms with Crippen LogP contribution in [0.4, 0.5) is 0 Å². The second kappa shape index (κ2) is 12.7. The zero-order valence-electron chi connectivity index (χ0n) is 21.1. The third-order valence-electron chi connectivity index (χ3n) is 7.20. The summed E-state index contributed by atoms with van der Waals surface area (Å²) in [5.74, 6) is 2.70. The molecule has 3 nitrogen and oxygen atoms in total. The first kappa shape index (κ1) is 24.5. The maximum atomic E-state index is 5.28. The summed E-state index contributed by atoms with van der Waals surface area (Å²) in [7, 11) is 0. The highest BCUT2D eigenvalue weighted by Crippen LogP contribution is 2.22. The highest BCUT2D eigenvalue weighted by atomic mass is 15.2. The Morgan fingerprint density at radius 2 is 1.38 bits per heavy atom. The van der Waals surface area contributed by atoms with E-state index in [0.29, 0.717) is 0 Å². The molecule has 0 aromatic heterocycles. The van der Waals surface area contributed by atoms with E-state index in [2.05, 4.69) is 103 Å². The van der Waals surface area contributed by atoms with Crippen molar-refractivity contribution in [3.8, 4) is 0 Å². The first-order chi connectivity index (χ1) is 16.7. The molecule has 0 fully saturated rings. The van der Waals surface area contributed by atoms with Crippen molar-refractivity contribution in [2.24, 2.45) is 16.8 Å². The predicted molar refractivity (Wildman–Crippen MR) is 145 cm³/mol. The molecule has 34 heavy (non-hydrogen) atoms. The van der Waals surface area contributed by atoms with Crippen LogP contribution < -0.4 is 0 Å². The Hall–Kier alpha value is -2.65. The molecule has 2 atom stereocenters. The topological polar surface area (TPSA) is 18.8 Å². The van der Waals surface area contributed by atoms with E-state index in [0.717, 1.165) is 51.0 Å². The second-order valence-electron chi connectivity index (χ2n) is 10.3. The Morgan fingerprint density at radius 3 is 2.06 bits per heavy atom. The third-order valence-corrected chi connectivity index (χ3v) is 7.20. The molecule has 2 aromatic rings. The van der Waals surface area contributed by atoms with Gasteiger partial charge in [-0.05, 0) is 48.4 Å². The average Bonchev–Trinajstić information content (AvgIpc) is 3.10. The number of rotatable bonds is 4. The SMILES string of the molecule is CC1CCC(C)CCN(Cc2ccccc2)C2=NC(=CC=CC2)CN(Cc2ccccc2)CC1. The van der Waals surface area contributed by atoms with Crippen LogP contribution in [0.1, 0.15) is 57.1 Å². The van der Waals surface area contributed by atoms with Gasteiger partial charge in [-0.15, -0.1) is 0 Å². The van der Waals surface area contributed by atoms with E-state index in [1.54, 1.807) is 0 Å². The highest BCUT2D eigenvalue weighted by molar-refractivity contribution is 5.85. The molecule has 0 saturated carbocycles. The Labute approximate surface area is 206 Å². The largest absolute Gasteiger partial charge is 0.355 e. The van der Waals surface area contributed by atoms with Crippen molar-refractivity contribution in [1.29, 1.82) is 0 Å². The minimum absolute atomic E-state index is 0.737. The summed E-state index contributed by atoms with van der Waals surface area (Å²) >= 11 is 0. The molecule has 0 amide bonds. The maximum Gasteiger partial charge on any atom is 0.109 e. The van der Waals surface area contributed by atoms with Crippen molar-refractivity contribution >= 4 is 5.84 Å². The maximum absolute atomic E-state index is 5.28. The lowest BCUT2D eigenvalue weighted by Crippen LogP contribution is -2.33. The van der Waals surface area contributed by atoms with Gasteiger partial charge in [-0.25, -0.2) is 4.99 Å². The van der Waals surface area contributed by atoms with E-state index in [4.69, 9.17) is 4.99 Å². The van der Waals surface area contributed by atoms with Crippen LogP contribution in [0.5, 0.6) is 0 Å². The fraction of sp³-hybridized carbons (Fsp3) is 0.452. The molecule has 2 bridgehead atoms. The highest BCUT2D eigenvalue weighted by Gasteiger charge is 2.18. The molecular weight excluding hydrogens is 414 g/mol. The van der Waals surface area contributed by atoms with Crippen LogP contribution in [0.3, 0.4) is 0 Å². The summed E-state index contributed by atoms with van der Waals surface area (Å²) in [5, 5.41) is 0. The van der Waals surface area contributed by atoms with Gasteiger partial charge in [-0.3, -0.25) is 4.90 Å². The summed E-state index contributed by atoms with van der Waals surface area (Å²) in [6.07, 6.45) is 12.7. The predicted octanol–water partition coefficient (Wildman–Crippen LogP) is 7.08. The Balaban J connectivity index is 1.59. The van der Waals surface area contributed by atoms with Crippen molar-refractivity contribution in [2.75, 3.05) is 19.6 Å². The van der Waals surface area contributed by atoms with Crippen LogP contribution in [0, 0.1) is 11.8 Å². The molecule has 2 heterocycles. The van der Waals surface area contributed by atoms with Crippen molar-refractivity contribution in [3.63, 3.8) is 0 Å². The lowest BCUT2D eigenvalue weighted by atomic mass is 9.93. The van der Waals surface area contributed by atoms with Gasteiger partial charge in [0.2, 0.25) is 0 Å². The summed E-state index contributed by atoms with van der Waals surface area (Å²) in [6.45, 7) is 9.85. The molecule has 0 spiro atoms. The fourth-order valence-electron chi connectivity index (χ4n) is 4.91. The van der Waals surface area contributed by atoms with E-state index in [9.17, 15) is 0 Å². The van der Waals surface area contributed by atoms with Crippen LogP contribution in [0.15, 0.2) is 89.6 Å². The zero-order chi connectivity index (χ0) is 23.6. The van der Waals surface area contributed by atoms with Gasteiger partial charge in [0, 0.05) is 32.6 Å². The Bertz CT molecular complexity index is 961. The van der Waals surface area contributed by atoms with Gasteiger partial charge < -0.3 is 4.90 Å². The first-order valence-electron chi connectivity index (χ1n) is 13.1. The molecule has 180 valence electrons. The normalized spacial score (nSPS) is 22.9. The van der Waals surface area contributed by atoms with Gasteiger partial charge in [0.05, 0.1) is 5.70 Å². The summed E-state index contributed by atoms with van der Waals surface area (Å²) in [4.78, 5) is 10.4. The molecule has 2 aliphatic heterocycles. The lowest BCUT2D eigenvalue weighted by molar-refractivity contribution is 0.254. The van der Waals surface area contributed by atoms with Crippen LogP contribution >= 0.6 is 0 Å². The van der Waals surface area contributed by atoms with Gasteiger partial charge in [0.25, 0.3) is 0 Å². The summed E-state index contributed by atoms with van der Waals surface area (Å²) < 4.78 is 0. The minimum atomic E-state index is 0.737. The number of benzene rings is 2. The second-order valence-corrected chi connectivity index (χ2v) is 10.3. The van der Waals surface area contributed by atoms with Crippen LogP contribution in [-0.4, -0.2) is 35.3 Å². The van der Waals surface area contributed by atoms with Crippen molar-refractivity contribution in [1.82, 2.24) is 9.80 Å². The van der Waals surface area contributed by atoms with Crippen molar-refractivity contribution < 1.29 is 0 Å². The van der Waals surface area contributed by atoms with Gasteiger partial charge in [-0.1, -0.05) is 99.5 Å². The van der Waals surface area contributed by atoms with Gasteiger partial charge in [0.15, 0.2) is 0 Å². The number of amidine groups is 1. The number of allylic oxidation sites excluding steroid dienone is 2. The average molecular weight is 456 g/mol. The third kappa shape index (κ3) is 7.70. The minimum Gasteiger partial charge on any atom is -0.355 e. The van der Waals surface area contributed by atoms with Crippen LogP contribution in [-0.2, 0) is 13.1 Å². The van der Waals surface area contributed by atoms with E-state index in [1.807, 2.05) is 0 Å². The number of hydrogen-bond donors (Lipinski definition) is 0. The molecule has 0 aliphatic carbocycles. The summed E-state index contributed by atoms with van der Waals surface area (Å²) in [6, 6.07) is 21.8. The zero-order valence-corrected chi connectivity index (χ0v) is 21.1. The number of nitrogens with zero attached hydrogens (tertiary/aromatic N) is 3. The fourth-order valence-corrected chi connectivity index (χ4v) is 4.91. The molecule has 4 rings (SSSR count). The van der Waals surface area contributed by atoms with Gasteiger partial charge in [-0.2, -0.15) is 0 Å². The monoisotopic (exact) mass is 455 g/mol. The van der Waals surface area contributed by atoms with Crippen LogP contribution in [0.25, 0.3) is 0 Å². The quantitative estimate of drug-likeness (QED) is 0.490. The number of fused-ring (bicyclic) bond motifs is 1. The van der Waals surface area contributed by atoms with Gasteiger partial charge in [0.1, 0.15) is 5.84 Å². The summed E-state index contributed by atoms with van der Waals surface area (Å²) in [5.41, 5.74) is 3.91. The Morgan fingerprint density at radius 1 is 0.765 bits per heavy atom. The molecule has 0 N–H and O–H groups in total. The number of aliphatic imine (C=N–C) groups is 1. The molecule has 0 radical (unpaired) electrons.